The predicted molar refractivity (Wildman–Crippen MR) is 140 cm³/mol. The van der Waals surface area contributed by atoms with Crippen molar-refractivity contribution in [3.05, 3.63) is 106 Å². The van der Waals surface area contributed by atoms with Crippen molar-refractivity contribution < 1.29 is 29.0 Å². The molecule has 0 atom stereocenters. The number of benzene rings is 3. The van der Waals surface area contributed by atoms with Crippen molar-refractivity contribution in [1.29, 1.82) is 0 Å². The number of hydrogen-bond acceptors (Lipinski definition) is 7. The predicted octanol–water partition coefficient (Wildman–Crippen LogP) is 4.91. The number of thiocarbonyl (C=S) groups is 1. The number of hydrogen-bond donors (Lipinski definition) is 1. The lowest BCUT2D eigenvalue weighted by atomic mass is 10.1. The maximum Gasteiger partial charge on any atom is 0.342 e. The molecule has 3 aromatic rings. The largest absolute Gasteiger partial charge is 0.488 e. The lowest BCUT2D eigenvalue weighted by molar-refractivity contribution is -0.140. The molecule has 182 valence electrons. The summed E-state index contributed by atoms with van der Waals surface area (Å²) in [5, 5.41) is 9.03. The van der Waals surface area contributed by atoms with Gasteiger partial charge < -0.3 is 14.6 Å². The third kappa shape index (κ3) is 6.38. The molecule has 1 fully saturated rings. The maximum absolute atomic E-state index is 13.0. The summed E-state index contributed by atoms with van der Waals surface area (Å²) in [6, 6.07) is 23.8. The second-order valence-corrected chi connectivity index (χ2v) is 9.43. The van der Waals surface area contributed by atoms with Crippen LogP contribution < -0.4 is 4.74 Å². The lowest BCUT2D eigenvalue weighted by Crippen LogP contribution is -2.33. The van der Waals surface area contributed by atoms with Gasteiger partial charge in [-0.2, -0.15) is 0 Å². The van der Waals surface area contributed by atoms with Crippen LogP contribution in [-0.2, 0) is 27.5 Å². The van der Waals surface area contributed by atoms with Crippen LogP contribution in [0.2, 0.25) is 0 Å². The minimum Gasteiger partial charge on any atom is -0.488 e. The van der Waals surface area contributed by atoms with E-state index in [1.165, 1.54) is 0 Å². The van der Waals surface area contributed by atoms with Gasteiger partial charge in [-0.05, 0) is 34.9 Å². The van der Waals surface area contributed by atoms with Crippen molar-refractivity contribution in [2.45, 2.75) is 13.2 Å². The number of esters is 1. The van der Waals surface area contributed by atoms with Gasteiger partial charge in [-0.3, -0.25) is 14.5 Å². The Balaban J connectivity index is 1.59. The average molecular weight is 520 g/mol. The molecule has 7 nitrogen and oxygen atoms in total. The number of carboxylic acid groups (broad SMARTS) is 1. The Labute approximate surface area is 217 Å². The highest BCUT2D eigenvalue weighted by Gasteiger charge is 2.33. The average Bonchev–Trinajstić information content (AvgIpc) is 3.14. The molecule has 1 N–H and O–H groups in total. The van der Waals surface area contributed by atoms with Crippen molar-refractivity contribution in [2.24, 2.45) is 0 Å². The summed E-state index contributed by atoms with van der Waals surface area (Å²) >= 11 is 6.16. The van der Waals surface area contributed by atoms with E-state index in [9.17, 15) is 14.4 Å². The van der Waals surface area contributed by atoms with E-state index in [1.807, 2.05) is 60.7 Å². The molecule has 9 heteroatoms. The molecule has 0 spiro atoms. The summed E-state index contributed by atoms with van der Waals surface area (Å²) in [4.78, 5) is 38.0. The van der Waals surface area contributed by atoms with Crippen LogP contribution in [-0.4, -0.2) is 38.7 Å². The quantitative estimate of drug-likeness (QED) is 0.242. The van der Waals surface area contributed by atoms with E-state index in [0.717, 1.165) is 27.8 Å². The van der Waals surface area contributed by atoms with Gasteiger partial charge in [0.25, 0.3) is 5.91 Å². The number of nitrogens with zero attached hydrogens (tertiary/aromatic N) is 1. The van der Waals surface area contributed by atoms with Crippen LogP contribution in [0.5, 0.6) is 5.75 Å². The SMILES string of the molecule is O=C(O)CN1C(=O)C(=Cc2ccc(OCc3ccccc3)c(C(=O)OCc3ccccc3)c2)SC1=S. The van der Waals surface area contributed by atoms with Gasteiger partial charge >= 0.3 is 11.9 Å². The van der Waals surface area contributed by atoms with E-state index in [2.05, 4.69) is 0 Å². The van der Waals surface area contributed by atoms with Gasteiger partial charge in [-0.1, -0.05) is 90.7 Å². The third-order valence-electron chi connectivity index (χ3n) is 5.14. The summed E-state index contributed by atoms with van der Waals surface area (Å²) < 4.78 is 11.6. The Morgan fingerprint density at radius 3 is 2.22 bits per heavy atom. The molecule has 1 heterocycles. The van der Waals surface area contributed by atoms with Gasteiger partial charge in [0.2, 0.25) is 0 Å². The highest BCUT2D eigenvalue weighted by atomic mass is 32.2. The van der Waals surface area contributed by atoms with Crippen molar-refractivity contribution in [1.82, 2.24) is 4.90 Å². The molecule has 0 bridgehead atoms. The Kier molecular flexibility index (Phi) is 8.14. The van der Waals surface area contributed by atoms with Gasteiger partial charge in [-0.25, -0.2) is 4.79 Å². The number of carboxylic acids is 1. The topological polar surface area (TPSA) is 93.1 Å². The Hall–Kier alpha value is -3.95. The Bertz CT molecular complexity index is 1320. The number of carbonyl (C=O) groups excluding carboxylic acids is 2. The first-order valence-corrected chi connectivity index (χ1v) is 12.1. The Morgan fingerprint density at radius 1 is 0.944 bits per heavy atom. The number of aliphatic carboxylic acids is 1. The van der Waals surface area contributed by atoms with Crippen LogP contribution in [0.1, 0.15) is 27.0 Å². The monoisotopic (exact) mass is 519 g/mol. The number of ether oxygens (including phenoxy) is 2. The fraction of sp³-hybridized carbons (Fsp3) is 0.111. The molecule has 0 saturated carbocycles. The molecule has 0 aromatic heterocycles. The summed E-state index contributed by atoms with van der Waals surface area (Å²) in [6.07, 6.45) is 1.57. The molecule has 1 aliphatic heterocycles. The molecule has 0 radical (unpaired) electrons. The molecule has 4 rings (SSSR count). The van der Waals surface area contributed by atoms with Gasteiger partial charge in [0.15, 0.2) is 0 Å². The van der Waals surface area contributed by atoms with Gasteiger partial charge in [0, 0.05) is 0 Å². The molecule has 1 amide bonds. The fourth-order valence-electron chi connectivity index (χ4n) is 3.38. The van der Waals surface area contributed by atoms with E-state index in [1.54, 1.807) is 24.3 Å². The maximum atomic E-state index is 13.0. The van der Waals surface area contributed by atoms with E-state index in [4.69, 9.17) is 26.8 Å². The summed E-state index contributed by atoms with van der Waals surface area (Å²) in [7, 11) is 0. The van der Waals surface area contributed by atoms with E-state index < -0.39 is 24.4 Å². The zero-order valence-electron chi connectivity index (χ0n) is 19.0. The lowest BCUT2D eigenvalue weighted by Gasteiger charge is -2.13. The minimum absolute atomic E-state index is 0.0931. The summed E-state index contributed by atoms with van der Waals surface area (Å²) in [5.74, 6) is -1.89. The molecular formula is C27H21NO6S2. The Morgan fingerprint density at radius 2 is 1.58 bits per heavy atom. The van der Waals surface area contributed by atoms with E-state index >= 15 is 0 Å². The van der Waals surface area contributed by atoms with Crippen LogP contribution in [0, 0.1) is 0 Å². The van der Waals surface area contributed by atoms with Crippen molar-refractivity contribution in [2.75, 3.05) is 6.54 Å². The van der Waals surface area contributed by atoms with Gasteiger partial charge in [0.05, 0.1) is 4.91 Å². The van der Waals surface area contributed by atoms with Crippen LogP contribution in [0.3, 0.4) is 0 Å². The molecule has 3 aromatic carbocycles. The van der Waals surface area contributed by atoms with Gasteiger partial charge in [-0.15, -0.1) is 0 Å². The minimum atomic E-state index is -1.16. The molecule has 0 aliphatic carbocycles. The van der Waals surface area contributed by atoms with Crippen LogP contribution >= 0.6 is 24.0 Å². The van der Waals surface area contributed by atoms with Crippen molar-refractivity contribution >= 4 is 52.2 Å². The fourth-order valence-corrected chi connectivity index (χ4v) is 4.64. The number of rotatable bonds is 9. The van der Waals surface area contributed by atoms with Crippen molar-refractivity contribution in [3.63, 3.8) is 0 Å². The van der Waals surface area contributed by atoms with Crippen molar-refractivity contribution in [3.8, 4) is 5.75 Å². The zero-order valence-corrected chi connectivity index (χ0v) is 20.6. The second kappa shape index (κ2) is 11.7. The van der Waals surface area contributed by atoms with Gasteiger partial charge in [0.1, 0.15) is 35.4 Å². The number of amides is 1. The molecule has 36 heavy (non-hydrogen) atoms. The molecule has 1 aliphatic rings. The number of carbonyl (C=O) groups is 3. The highest BCUT2D eigenvalue weighted by molar-refractivity contribution is 8.26. The summed E-state index contributed by atoms with van der Waals surface area (Å²) in [5.41, 5.74) is 2.53. The van der Waals surface area contributed by atoms with E-state index in [0.29, 0.717) is 11.3 Å². The smallest absolute Gasteiger partial charge is 0.342 e. The van der Waals surface area contributed by atoms with Crippen LogP contribution in [0.4, 0.5) is 0 Å². The normalized spacial score (nSPS) is 14.2. The van der Waals surface area contributed by atoms with E-state index in [-0.39, 0.29) is 28.0 Å². The first kappa shape index (κ1) is 25.2. The highest BCUT2D eigenvalue weighted by Crippen LogP contribution is 2.33. The molecule has 1 saturated heterocycles. The van der Waals surface area contributed by atoms with Crippen LogP contribution in [0.25, 0.3) is 6.08 Å². The van der Waals surface area contributed by atoms with Crippen LogP contribution in [0.15, 0.2) is 83.8 Å². The standard InChI is InChI=1S/C27H21NO6S2/c29-24(30)15-28-25(31)23(36-27(28)35)14-20-11-12-22(33-16-18-7-3-1-4-8-18)21(13-20)26(32)34-17-19-9-5-2-6-10-19/h1-14H,15-17H2,(H,29,30). The summed E-state index contributed by atoms with van der Waals surface area (Å²) in [6.45, 7) is -0.159. The molecule has 0 unspecified atom stereocenters. The first-order chi connectivity index (χ1) is 17.4. The first-order valence-electron chi connectivity index (χ1n) is 10.9. The number of thioether (sulfide) groups is 1. The molecular weight excluding hydrogens is 498 g/mol. The zero-order chi connectivity index (χ0) is 25.5. The third-order valence-corrected chi connectivity index (χ3v) is 6.52. The second-order valence-electron chi connectivity index (χ2n) is 7.75.